The Hall–Kier alpha value is -1.66. The van der Waals surface area contributed by atoms with Crippen molar-refractivity contribution in [3.05, 3.63) is 40.8 Å². The molecule has 0 aromatic carbocycles. The zero-order valence-electron chi connectivity index (χ0n) is 10.8. The molecule has 0 saturated carbocycles. The number of aryl methyl sites for hydroxylation is 2. The normalized spacial score (nSPS) is 11.2. The molecule has 3 aromatic heterocycles. The van der Waals surface area contributed by atoms with Crippen molar-refractivity contribution < 1.29 is 0 Å². The van der Waals surface area contributed by atoms with Crippen LogP contribution in [0.3, 0.4) is 0 Å². The molecule has 3 rings (SSSR count). The Morgan fingerprint density at radius 2 is 2.15 bits per heavy atom. The molecule has 0 amide bonds. The van der Waals surface area contributed by atoms with E-state index >= 15 is 0 Å². The summed E-state index contributed by atoms with van der Waals surface area (Å²) in [5, 5.41) is 0.612. The van der Waals surface area contributed by atoms with Crippen LogP contribution in [0.15, 0.2) is 31.0 Å². The third-order valence-corrected chi connectivity index (χ3v) is 3.71. The summed E-state index contributed by atoms with van der Waals surface area (Å²) in [6.07, 6.45) is 9.35. The molecular formula is C13H14ClN5S. The molecule has 5 nitrogen and oxygen atoms in total. The summed E-state index contributed by atoms with van der Waals surface area (Å²) in [5.41, 5.74) is 1.75. The van der Waals surface area contributed by atoms with Crippen molar-refractivity contribution in [1.82, 2.24) is 24.1 Å². The van der Waals surface area contributed by atoms with Gasteiger partial charge in [0.25, 0.3) is 0 Å². The lowest BCUT2D eigenvalue weighted by Crippen LogP contribution is -2.01. The van der Waals surface area contributed by atoms with Crippen molar-refractivity contribution in [1.29, 1.82) is 0 Å². The smallest absolute Gasteiger partial charge is 0.179 e. The van der Waals surface area contributed by atoms with Crippen LogP contribution in [0.25, 0.3) is 11.2 Å². The minimum Gasteiger partial charge on any atom is -0.337 e. The van der Waals surface area contributed by atoms with Gasteiger partial charge >= 0.3 is 0 Å². The second kappa shape index (κ2) is 5.76. The number of hydrogen-bond donors (Lipinski definition) is 1. The van der Waals surface area contributed by atoms with Gasteiger partial charge in [-0.1, -0.05) is 11.6 Å². The highest BCUT2D eigenvalue weighted by molar-refractivity contribution is 7.71. The van der Waals surface area contributed by atoms with Gasteiger partial charge in [0.15, 0.2) is 10.4 Å². The molecule has 0 bridgehead atoms. The van der Waals surface area contributed by atoms with Crippen molar-refractivity contribution in [2.75, 3.05) is 0 Å². The topological polar surface area (TPSA) is 51.4 Å². The number of nitrogens with zero attached hydrogens (tertiary/aromatic N) is 4. The van der Waals surface area contributed by atoms with Crippen molar-refractivity contribution in [3.8, 4) is 0 Å². The average Bonchev–Trinajstić information content (AvgIpc) is 3.02. The van der Waals surface area contributed by atoms with Crippen molar-refractivity contribution >= 4 is 35.0 Å². The maximum Gasteiger partial charge on any atom is 0.179 e. The molecule has 0 aliphatic rings. The number of aromatic amines is 1. The van der Waals surface area contributed by atoms with Gasteiger partial charge in [-0.05, 0) is 31.1 Å². The van der Waals surface area contributed by atoms with Crippen molar-refractivity contribution in [3.63, 3.8) is 0 Å². The van der Waals surface area contributed by atoms with Gasteiger partial charge in [0, 0.05) is 31.7 Å². The maximum absolute atomic E-state index is 5.93. The number of halogens is 1. The molecule has 0 aliphatic heterocycles. The van der Waals surface area contributed by atoms with E-state index in [4.69, 9.17) is 23.8 Å². The Morgan fingerprint density at radius 3 is 2.95 bits per heavy atom. The highest BCUT2D eigenvalue weighted by Gasteiger charge is 2.06. The summed E-state index contributed by atoms with van der Waals surface area (Å²) >= 11 is 11.3. The molecule has 0 atom stereocenters. The number of unbranched alkanes of at least 4 members (excludes halogenated alkanes) is 1. The van der Waals surface area contributed by atoms with E-state index in [1.54, 1.807) is 12.4 Å². The molecule has 0 fully saturated rings. The van der Waals surface area contributed by atoms with Gasteiger partial charge in [-0.3, -0.25) is 0 Å². The van der Waals surface area contributed by atoms with Gasteiger partial charge in [0.2, 0.25) is 0 Å². The summed E-state index contributed by atoms with van der Waals surface area (Å²) in [4.78, 5) is 11.5. The Kier molecular flexibility index (Phi) is 3.84. The Morgan fingerprint density at radius 1 is 1.30 bits per heavy atom. The predicted octanol–water partition coefficient (Wildman–Crippen LogP) is 3.42. The first-order valence-corrected chi connectivity index (χ1v) is 7.22. The second-order valence-electron chi connectivity index (χ2n) is 4.61. The molecule has 0 spiro atoms. The van der Waals surface area contributed by atoms with Crippen LogP contribution in [-0.4, -0.2) is 24.1 Å². The van der Waals surface area contributed by atoms with Gasteiger partial charge in [-0.2, -0.15) is 0 Å². The first-order chi connectivity index (χ1) is 9.74. The average molecular weight is 308 g/mol. The van der Waals surface area contributed by atoms with Crippen molar-refractivity contribution in [2.24, 2.45) is 0 Å². The highest BCUT2D eigenvalue weighted by Crippen LogP contribution is 2.17. The van der Waals surface area contributed by atoms with Crippen LogP contribution in [0.5, 0.6) is 0 Å². The first kappa shape index (κ1) is 13.3. The largest absolute Gasteiger partial charge is 0.337 e. The van der Waals surface area contributed by atoms with E-state index in [2.05, 4.69) is 19.5 Å². The van der Waals surface area contributed by atoms with Crippen molar-refractivity contribution in [2.45, 2.75) is 25.9 Å². The van der Waals surface area contributed by atoms with Crippen LogP contribution < -0.4 is 0 Å². The number of imidazole rings is 2. The Labute approximate surface area is 126 Å². The maximum atomic E-state index is 5.93. The van der Waals surface area contributed by atoms with Crippen LogP contribution >= 0.6 is 23.8 Å². The number of aromatic nitrogens is 5. The first-order valence-electron chi connectivity index (χ1n) is 6.44. The van der Waals surface area contributed by atoms with Gasteiger partial charge < -0.3 is 14.1 Å². The van der Waals surface area contributed by atoms with Gasteiger partial charge in [0.1, 0.15) is 0 Å². The third kappa shape index (κ3) is 2.76. The van der Waals surface area contributed by atoms with Crippen LogP contribution in [0.1, 0.15) is 12.8 Å². The molecule has 1 N–H and O–H groups in total. The van der Waals surface area contributed by atoms with E-state index in [0.717, 1.165) is 37.1 Å². The predicted molar refractivity (Wildman–Crippen MR) is 81.4 cm³/mol. The standard InChI is InChI=1S/C13H14ClN5S/c14-10-7-11-12(16-8-10)19(13(20)17-11)5-2-1-4-18-6-3-15-9-18/h3,6-9H,1-2,4-5H2,(H,17,20). The molecular weight excluding hydrogens is 294 g/mol. The van der Waals surface area contributed by atoms with Crippen LogP contribution in [0.2, 0.25) is 5.02 Å². The highest BCUT2D eigenvalue weighted by atomic mass is 35.5. The van der Waals surface area contributed by atoms with E-state index in [1.807, 2.05) is 23.2 Å². The lowest BCUT2D eigenvalue weighted by Gasteiger charge is -2.04. The summed E-state index contributed by atoms with van der Waals surface area (Å²) in [5.74, 6) is 0. The molecule has 104 valence electrons. The zero-order chi connectivity index (χ0) is 13.9. The molecule has 0 aliphatic carbocycles. The van der Waals surface area contributed by atoms with E-state index < -0.39 is 0 Å². The minimum absolute atomic E-state index is 0.612. The zero-order valence-corrected chi connectivity index (χ0v) is 12.4. The summed E-state index contributed by atoms with van der Waals surface area (Å²) in [6.45, 7) is 1.82. The van der Waals surface area contributed by atoms with E-state index in [0.29, 0.717) is 9.79 Å². The lowest BCUT2D eigenvalue weighted by molar-refractivity contribution is 0.555. The lowest BCUT2D eigenvalue weighted by atomic mass is 10.3. The molecule has 0 saturated heterocycles. The molecule has 20 heavy (non-hydrogen) atoms. The summed E-state index contributed by atoms with van der Waals surface area (Å²) in [6, 6.07) is 1.85. The second-order valence-corrected chi connectivity index (χ2v) is 5.44. The van der Waals surface area contributed by atoms with Gasteiger partial charge in [-0.15, -0.1) is 0 Å². The number of nitrogens with one attached hydrogen (secondary N) is 1. The van der Waals surface area contributed by atoms with Gasteiger partial charge in [0.05, 0.1) is 16.9 Å². The quantitative estimate of drug-likeness (QED) is 0.580. The Balaban J connectivity index is 1.68. The molecule has 7 heteroatoms. The molecule has 3 heterocycles. The number of fused-ring (bicyclic) bond motifs is 1. The SMILES string of the molecule is S=c1[nH]c2cc(Cl)cnc2n1CCCCn1ccnc1. The van der Waals surface area contributed by atoms with E-state index in [-0.39, 0.29) is 0 Å². The van der Waals surface area contributed by atoms with E-state index in [9.17, 15) is 0 Å². The number of H-pyrrole nitrogens is 1. The Bertz CT molecular complexity index is 759. The molecule has 3 aromatic rings. The van der Waals surface area contributed by atoms with Gasteiger partial charge in [-0.25, -0.2) is 9.97 Å². The van der Waals surface area contributed by atoms with E-state index in [1.165, 1.54) is 0 Å². The van der Waals surface area contributed by atoms with Crippen LogP contribution in [-0.2, 0) is 13.1 Å². The summed E-state index contributed by atoms with van der Waals surface area (Å²) in [7, 11) is 0. The minimum atomic E-state index is 0.612. The fourth-order valence-electron chi connectivity index (χ4n) is 2.21. The number of hydrogen-bond acceptors (Lipinski definition) is 3. The summed E-state index contributed by atoms with van der Waals surface area (Å²) < 4.78 is 4.79. The third-order valence-electron chi connectivity index (χ3n) is 3.18. The molecule has 0 unspecified atom stereocenters. The fraction of sp³-hybridized carbons (Fsp3) is 0.308. The monoisotopic (exact) mass is 307 g/mol. The van der Waals surface area contributed by atoms with Crippen LogP contribution in [0, 0.1) is 4.77 Å². The number of pyridine rings is 1. The fourth-order valence-corrected chi connectivity index (χ4v) is 2.65. The molecule has 0 radical (unpaired) electrons. The van der Waals surface area contributed by atoms with Crippen LogP contribution in [0.4, 0.5) is 0 Å². The number of rotatable bonds is 5.